The summed E-state index contributed by atoms with van der Waals surface area (Å²) in [6.07, 6.45) is 3.22. The number of ketones is 1. The maximum absolute atomic E-state index is 12.1. The molecule has 2 aromatic carbocycles. The van der Waals surface area contributed by atoms with Crippen molar-refractivity contribution in [3.8, 4) is 17.2 Å². The van der Waals surface area contributed by atoms with E-state index in [1.807, 2.05) is 24.3 Å². The average Bonchev–Trinajstić information content (AvgIpc) is 2.59. The molecule has 0 saturated carbocycles. The molecule has 0 spiro atoms. The second-order valence-electron chi connectivity index (χ2n) is 4.49. The van der Waals surface area contributed by atoms with Gasteiger partial charge in [-0.3, -0.25) is 4.79 Å². The number of benzene rings is 2. The molecule has 0 atom stereocenters. The lowest BCUT2D eigenvalue weighted by atomic mass is 10.1. The monoisotopic (exact) mass is 298 g/mol. The Hall–Kier alpha value is -2.75. The van der Waals surface area contributed by atoms with Gasteiger partial charge in [-0.05, 0) is 24.3 Å². The van der Waals surface area contributed by atoms with Crippen LogP contribution in [-0.2, 0) is 0 Å². The molecule has 0 aromatic heterocycles. The molecule has 0 N–H and O–H groups in total. The van der Waals surface area contributed by atoms with Crippen LogP contribution >= 0.6 is 0 Å². The summed E-state index contributed by atoms with van der Waals surface area (Å²) in [5.41, 5.74) is 1.38. The van der Waals surface area contributed by atoms with Gasteiger partial charge in [-0.25, -0.2) is 0 Å². The van der Waals surface area contributed by atoms with Crippen LogP contribution in [0, 0.1) is 0 Å². The van der Waals surface area contributed by atoms with E-state index in [4.69, 9.17) is 14.2 Å². The van der Waals surface area contributed by atoms with Crippen molar-refractivity contribution in [1.29, 1.82) is 0 Å². The van der Waals surface area contributed by atoms with Gasteiger partial charge in [-0.2, -0.15) is 0 Å². The summed E-state index contributed by atoms with van der Waals surface area (Å²) in [5.74, 6) is 1.53. The number of ether oxygens (including phenoxy) is 3. The highest BCUT2D eigenvalue weighted by Crippen LogP contribution is 2.40. The number of carbonyl (C=O) groups is 1. The number of carbonyl (C=O) groups excluding carboxylic acids is 1. The summed E-state index contributed by atoms with van der Waals surface area (Å²) in [4.78, 5) is 12.1. The van der Waals surface area contributed by atoms with Gasteiger partial charge in [0.15, 0.2) is 17.3 Å². The van der Waals surface area contributed by atoms with Crippen molar-refractivity contribution >= 4 is 11.9 Å². The second kappa shape index (κ2) is 7.31. The molecule has 0 aliphatic heterocycles. The molecule has 0 unspecified atom stereocenters. The number of hydrogen-bond donors (Lipinski definition) is 0. The topological polar surface area (TPSA) is 44.8 Å². The van der Waals surface area contributed by atoms with Gasteiger partial charge in [-0.1, -0.05) is 30.3 Å². The van der Waals surface area contributed by atoms with Crippen molar-refractivity contribution < 1.29 is 19.0 Å². The van der Waals surface area contributed by atoms with Gasteiger partial charge in [0.05, 0.1) is 21.3 Å². The molecule has 0 radical (unpaired) electrons. The van der Waals surface area contributed by atoms with E-state index in [1.165, 1.54) is 6.08 Å². The van der Waals surface area contributed by atoms with Crippen molar-refractivity contribution in [2.24, 2.45) is 0 Å². The van der Waals surface area contributed by atoms with Crippen molar-refractivity contribution in [2.45, 2.75) is 0 Å². The SMILES string of the molecule is COc1ccc(/C=C/C(=O)c2ccccc2)c(OC)c1OC. The number of allylic oxidation sites excluding steroid dienone is 1. The Balaban J connectivity index is 2.33. The largest absolute Gasteiger partial charge is 0.493 e. The first kappa shape index (κ1) is 15.6. The molecule has 0 heterocycles. The molecular weight excluding hydrogens is 280 g/mol. The first-order chi connectivity index (χ1) is 10.7. The highest BCUT2D eigenvalue weighted by molar-refractivity contribution is 6.07. The summed E-state index contributed by atoms with van der Waals surface area (Å²) >= 11 is 0. The molecule has 0 bridgehead atoms. The summed E-state index contributed by atoms with van der Waals surface area (Å²) in [6, 6.07) is 12.7. The summed E-state index contributed by atoms with van der Waals surface area (Å²) < 4.78 is 15.9. The van der Waals surface area contributed by atoms with Gasteiger partial charge in [0.1, 0.15) is 0 Å². The predicted molar refractivity (Wildman–Crippen MR) is 85.9 cm³/mol. The highest BCUT2D eigenvalue weighted by atomic mass is 16.5. The Morgan fingerprint density at radius 2 is 1.55 bits per heavy atom. The van der Waals surface area contributed by atoms with Gasteiger partial charge in [0.2, 0.25) is 5.75 Å². The minimum atomic E-state index is -0.0718. The molecule has 0 saturated heterocycles. The molecule has 0 fully saturated rings. The third-order valence-electron chi connectivity index (χ3n) is 3.21. The van der Waals surface area contributed by atoms with Crippen LogP contribution in [0.1, 0.15) is 15.9 Å². The van der Waals surface area contributed by atoms with Crippen LogP contribution in [0.2, 0.25) is 0 Å². The molecule has 0 amide bonds. The number of hydrogen-bond acceptors (Lipinski definition) is 4. The maximum atomic E-state index is 12.1. The summed E-state index contributed by atoms with van der Waals surface area (Å²) in [6.45, 7) is 0. The highest BCUT2D eigenvalue weighted by Gasteiger charge is 2.14. The molecule has 4 nitrogen and oxygen atoms in total. The second-order valence-corrected chi connectivity index (χ2v) is 4.49. The lowest BCUT2D eigenvalue weighted by Crippen LogP contribution is -1.97. The van der Waals surface area contributed by atoms with E-state index >= 15 is 0 Å². The third-order valence-corrected chi connectivity index (χ3v) is 3.21. The zero-order chi connectivity index (χ0) is 15.9. The fourth-order valence-corrected chi connectivity index (χ4v) is 2.12. The van der Waals surface area contributed by atoms with E-state index in [0.29, 0.717) is 22.8 Å². The zero-order valence-electron chi connectivity index (χ0n) is 12.8. The van der Waals surface area contributed by atoms with E-state index in [-0.39, 0.29) is 5.78 Å². The maximum Gasteiger partial charge on any atom is 0.203 e. The first-order valence-electron chi connectivity index (χ1n) is 6.77. The number of rotatable bonds is 6. The van der Waals surface area contributed by atoms with Gasteiger partial charge < -0.3 is 14.2 Å². The molecule has 2 rings (SSSR count). The van der Waals surface area contributed by atoms with E-state index in [0.717, 1.165) is 5.56 Å². The third kappa shape index (κ3) is 3.28. The lowest BCUT2D eigenvalue weighted by molar-refractivity contribution is 0.104. The van der Waals surface area contributed by atoms with Crippen molar-refractivity contribution in [3.63, 3.8) is 0 Å². The smallest absolute Gasteiger partial charge is 0.203 e. The Morgan fingerprint density at radius 1 is 0.864 bits per heavy atom. The van der Waals surface area contributed by atoms with Crippen molar-refractivity contribution in [2.75, 3.05) is 21.3 Å². The van der Waals surface area contributed by atoms with Crippen LogP contribution in [0.25, 0.3) is 6.08 Å². The van der Waals surface area contributed by atoms with Crippen molar-refractivity contribution in [3.05, 3.63) is 59.7 Å². The molecule has 4 heteroatoms. The van der Waals surface area contributed by atoms with E-state index in [9.17, 15) is 4.79 Å². The quantitative estimate of drug-likeness (QED) is 0.603. The molecule has 0 aliphatic carbocycles. The van der Waals surface area contributed by atoms with Gasteiger partial charge in [-0.15, -0.1) is 0 Å². The first-order valence-corrected chi connectivity index (χ1v) is 6.77. The summed E-state index contributed by atoms with van der Waals surface area (Å²) in [5, 5.41) is 0. The van der Waals surface area contributed by atoms with Crippen LogP contribution in [0.5, 0.6) is 17.2 Å². The molecule has 114 valence electrons. The normalized spacial score (nSPS) is 10.5. The number of methoxy groups -OCH3 is 3. The average molecular weight is 298 g/mol. The predicted octanol–water partition coefficient (Wildman–Crippen LogP) is 3.61. The Kier molecular flexibility index (Phi) is 5.20. The zero-order valence-corrected chi connectivity index (χ0v) is 12.8. The molecule has 0 aliphatic rings. The van der Waals surface area contributed by atoms with Gasteiger partial charge in [0, 0.05) is 11.1 Å². The minimum absolute atomic E-state index is 0.0718. The minimum Gasteiger partial charge on any atom is -0.493 e. The Labute approximate surface area is 129 Å². The van der Waals surface area contributed by atoms with E-state index < -0.39 is 0 Å². The van der Waals surface area contributed by atoms with Crippen LogP contribution in [0.3, 0.4) is 0 Å². The Bertz CT molecular complexity index is 675. The van der Waals surface area contributed by atoms with Crippen molar-refractivity contribution in [1.82, 2.24) is 0 Å². The van der Waals surface area contributed by atoms with Gasteiger partial charge >= 0.3 is 0 Å². The van der Waals surface area contributed by atoms with Crippen LogP contribution in [0.15, 0.2) is 48.5 Å². The molecule has 22 heavy (non-hydrogen) atoms. The van der Waals surface area contributed by atoms with E-state index in [2.05, 4.69) is 0 Å². The molecular formula is C18H18O4. The fourth-order valence-electron chi connectivity index (χ4n) is 2.12. The summed E-state index contributed by atoms with van der Waals surface area (Å²) in [7, 11) is 4.66. The van der Waals surface area contributed by atoms with Gasteiger partial charge in [0.25, 0.3) is 0 Å². The van der Waals surface area contributed by atoms with Crippen LogP contribution < -0.4 is 14.2 Å². The van der Waals surface area contributed by atoms with E-state index in [1.54, 1.807) is 45.6 Å². The Morgan fingerprint density at radius 3 is 2.14 bits per heavy atom. The fraction of sp³-hybridized carbons (Fsp3) is 0.167. The van der Waals surface area contributed by atoms with Crippen LogP contribution in [0.4, 0.5) is 0 Å². The molecule has 2 aromatic rings. The van der Waals surface area contributed by atoms with Crippen LogP contribution in [-0.4, -0.2) is 27.1 Å². The standard InChI is InChI=1S/C18H18O4/c1-20-16-12-10-14(17(21-2)18(16)22-3)9-11-15(19)13-7-5-4-6-8-13/h4-12H,1-3H3/b11-9+. The lowest BCUT2D eigenvalue weighted by Gasteiger charge is -2.13.